The number of aliphatic carboxylic acids is 1. The Labute approximate surface area is 116 Å². The molecule has 1 heterocycles. The second-order valence-electron chi connectivity index (χ2n) is 4.61. The van der Waals surface area contributed by atoms with Gasteiger partial charge in [0, 0.05) is 18.0 Å². The van der Waals surface area contributed by atoms with Crippen molar-refractivity contribution < 1.29 is 14.7 Å². The van der Waals surface area contributed by atoms with E-state index in [9.17, 15) is 9.59 Å². The van der Waals surface area contributed by atoms with Crippen LogP contribution in [0.5, 0.6) is 0 Å². The molecule has 20 heavy (non-hydrogen) atoms. The molecule has 104 valence electrons. The number of carbonyl (C=O) groups excluding carboxylic acids is 1. The van der Waals surface area contributed by atoms with Crippen molar-refractivity contribution >= 4 is 22.8 Å². The van der Waals surface area contributed by atoms with E-state index < -0.39 is 12.0 Å². The van der Waals surface area contributed by atoms with Crippen molar-refractivity contribution in [3.8, 4) is 0 Å². The smallest absolute Gasteiger partial charge is 0.325 e. The number of aromatic nitrogens is 1. The van der Waals surface area contributed by atoms with E-state index in [2.05, 4.69) is 10.3 Å². The monoisotopic (exact) mass is 272 g/mol. The average Bonchev–Trinajstić information content (AvgIpc) is 2.44. The van der Waals surface area contributed by atoms with E-state index in [1.54, 1.807) is 6.20 Å². The van der Waals surface area contributed by atoms with Gasteiger partial charge in [0.2, 0.25) is 5.91 Å². The zero-order valence-electron chi connectivity index (χ0n) is 11.2. The fourth-order valence-electron chi connectivity index (χ4n) is 2.00. The van der Waals surface area contributed by atoms with Crippen LogP contribution in [-0.4, -0.2) is 28.0 Å². The number of carbonyl (C=O) groups is 2. The van der Waals surface area contributed by atoms with Gasteiger partial charge in [-0.25, -0.2) is 0 Å². The summed E-state index contributed by atoms with van der Waals surface area (Å²) in [4.78, 5) is 26.6. The lowest BCUT2D eigenvalue weighted by molar-refractivity contribution is -0.141. The Hall–Kier alpha value is -2.43. The summed E-state index contributed by atoms with van der Waals surface area (Å²) in [6, 6.07) is 8.76. The lowest BCUT2D eigenvalue weighted by Gasteiger charge is -2.10. The summed E-state index contributed by atoms with van der Waals surface area (Å²) >= 11 is 0. The van der Waals surface area contributed by atoms with Gasteiger partial charge in [0.15, 0.2) is 0 Å². The number of carboxylic acids is 1. The van der Waals surface area contributed by atoms with Crippen LogP contribution in [0, 0.1) is 0 Å². The van der Waals surface area contributed by atoms with Gasteiger partial charge in [-0.15, -0.1) is 0 Å². The maximum atomic E-state index is 11.7. The highest BCUT2D eigenvalue weighted by Crippen LogP contribution is 2.17. The molecule has 0 bridgehead atoms. The second kappa shape index (κ2) is 6.14. The van der Waals surface area contributed by atoms with E-state index >= 15 is 0 Å². The molecule has 2 aromatic rings. The maximum absolute atomic E-state index is 11.7. The summed E-state index contributed by atoms with van der Waals surface area (Å²) in [5.41, 5.74) is 1.93. The van der Waals surface area contributed by atoms with Crippen LogP contribution in [0.15, 0.2) is 36.5 Å². The van der Waals surface area contributed by atoms with Crippen molar-refractivity contribution in [2.24, 2.45) is 0 Å². The fourth-order valence-corrected chi connectivity index (χ4v) is 2.00. The van der Waals surface area contributed by atoms with Crippen LogP contribution < -0.4 is 5.32 Å². The van der Waals surface area contributed by atoms with Gasteiger partial charge in [0.25, 0.3) is 0 Å². The number of hydrogen-bond acceptors (Lipinski definition) is 3. The molecule has 1 aromatic carbocycles. The van der Waals surface area contributed by atoms with Crippen molar-refractivity contribution in [1.82, 2.24) is 10.3 Å². The molecule has 0 radical (unpaired) electrons. The summed E-state index contributed by atoms with van der Waals surface area (Å²) in [5.74, 6) is -1.30. The van der Waals surface area contributed by atoms with Crippen LogP contribution in [-0.2, 0) is 16.0 Å². The van der Waals surface area contributed by atoms with Crippen LogP contribution in [0.3, 0.4) is 0 Å². The largest absolute Gasteiger partial charge is 0.480 e. The Bertz CT molecular complexity index is 635. The minimum Gasteiger partial charge on any atom is -0.480 e. The SMILES string of the molecule is C[C@@H](NC(=O)CCc1ccnc2ccccc12)C(=O)O. The van der Waals surface area contributed by atoms with Gasteiger partial charge < -0.3 is 10.4 Å². The van der Waals surface area contributed by atoms with Crippen LogP contribution in [0.25, 0.3) is 10.9 Å². The Kier molecular flexibility index (Phi) is 4.30. The Morgan fingerprint density at radius 1 is 1.30 bits per heavy atom. The molecule has 5 nitrogen and oxygen atoms in total. The van der Waals surface area contributed by atoms with Crippen LogP contribution in [0.4, 0.5) is 0 Å². The highest BCUT2D eigenvalue weighted by atomic mass is 16.4. The quantitative estimate of drug-likeness (QED) is 0.869. The molecule has 0 saturated carbocycles. The zero-order valence-corrected chi connectivity index (χ0v) is 11.2. The minimum atomic E-state index is -1.03. The van der Waals surface area contributed by atoms with E-state index in [1.165, 1.54) is 6.92 Å². The fraction of sp³-hybridized carbons (Fsp3) is 0.267. The molecule has 0 spiro atoms. The van der Waals surface area contributed by atoms with Gasteiger partial charge in [0.05, 0.1) is 5.52 Å². The van der Waals surface area contributed by atoms with Gasteiger partial charge in [-0.1, -0.05) is 18.2 Å². The summed E-state index contributed by atoms with van der Waals surface area (Å²) in [7, 11) is 0. The molecule has 0 fully saturated rings. The van der Waals surface area contributed by atoms with Crippen molar-refractivity contribution in [1.29, 1.82) is 0 Å². The van der Waals surface area contributed by atoms with E-state index in [0.717, 1.165) is 16.5 Å². The molecule has 0 unspecified atom stereocenters. The average molecular weight is 272 g/mol. The molecule has 0 aliphatic heterocycles. The third-order valence-electron chi connectivity index (χ3n) is 3.11. The molecule has 0 aliphatic rings. The van der Waals surface area contributed by atoms with Gasteiger partial charge in [-0.05, 0) is 31.0 Å². The highest BCUT2D eigenvalue weighted by molar-refractivity contribution is 5.85. The standard InChI is InChI=1S/C15H16N2O3/c1-10(15(19)20)17-14(18)7-6-11-8-9-16-13-5-3-2-4-12(11)13/h2-5,8-10H,6-7H2,1H3,(H,17,18)(H,19,20)/t10-/m1/s1. The molecular formula is C15H16N2O3. The van der Waals surface area contributed by atoms with E-state index in [1.807, 2.05) is 30.3 Å². The van der Waals surface area contributed by atoms with Gasteiger partial charge in [-0.2, -0.15) is 0 Å². The van der Waals surface area contributed by atoms with Crippen molar-refractivity contribution in [2.45, 2.75) is 25.8 Å². The number of nitrogens with zero attached hydrogens (tertiary/aromatic N) is 1. The van der Waals surface area contributed by atoms with Crippen LogP contribution >= 0.6 is 0 Å². The lowest BCUT2D eigenvalue weighted by Crippen LogP contribution is -2.38. The Morgan fingerprint density at radius 2 is 2.05 bits per heavy atom. The van der Waals surface area contributed by atoms with Crippen molar-refractivity contribution in [3.05, 3.63) is 42.1 Å². The highest BCUT2D eigenvalue weighted by Gasteiger charge is 2.13. The Morgan fingerprint density at radius 3 is 2.80 bits per heavy atom. The summed E-state index contributed by atoms with van der Waals surface area (Å²) < 4.78 is 0. The number of amides is 1. The third kappa shape index (κ3) is 3.32. The lowest BCUT2D eigenvalue weighted by atomic mass is 10.0. The minimum absolute atomic E-state index is 0.256. The normalized spacial score (nSPS) is 12.1. The number of pyridine rings is 1. The maximum Gasteiger partial charge on any atom is 0.325 e. The second-order valence-corrected chi connectivity index (χ2v) is 4.61. The van der Waals surface area contributed by atoms with E-state index in [4.69, 9.17) is 5.11 Å². The summed E-state index contributed by atoms with van der Waals surface area (Å²) in [6.07, 6.45) is 2.53. The van der Waals surface area contributed by atoms with E-state index in [0.29, 0.717) is 6.42 Å². The zero-order chi connectivity index (χ0) is 14.5. The predicted molar refractivity (Wildman–Crippen MR) is 75.3 cm³/mol. The molecule has 0 aliphatic carbocycles. The molecule has 2 N–H and O–H groups in total. The Balaban J connectivity index is 2.03. The molecule has 0 saturated heterocycles. The van der Waals surface area contributed by atoms with Gasteiger partial charge in [-0.3, -0.25) is 14.6 Å². The first-order valence-corrected chi connectivity index (χ1v) is 6.42. The van der Waals surface area contributed by atoms with Crippen molar-refractivity contribution in [2.75, 3.05) is 0 Å². The molecule has 1 atom stereocenters. The van der Waals surface area contributed by atoms with Gasteiger partial charge >= 0.3 is 5.97 Å². The predicted octanol–water partition coefficient (Wildman–Crippen LogP) is 1.76. The topological polar surface area (TPSA) is 79.3 Å². The summed E-state index contributed by atoms with van der Waals surface area (Å²) in [5, 5.41) is 12.2. The first-order chi connectivity index (χ1) is 9.58. The molecular weight excluding hydrogens is 256 g/mol. The van der Waals surface area contributed by atoms with Crippen LogP contribution in [0.1, 0.15) is 18.9 Å². The number of benzene rings is 1. The van der Waals surface area contributed by atoms with Crippen molar-refractivity contribution in [3.63, 3.8) is 0 Å². The number of hydrogen-bond donors (Lipinski definition) is 2. The third-order valence-corrected chi connectivity index (χ3v) is 3.11. The number of para-hydroxylation sites is 1. The number of aryl methyl sites for hydroxylation is 1. The number of rotatable bonds is 5. The van der Waals surface area contributed by atoms with E-state index in [-0.39, 0.29) is 12.3 Å². The van der Waals surface area contributed by atoms with Crippen LogP contribution in [0.2, 0.25) is 0 Å². The molecule has 5 heteroatoms. The molecule has 2 rings (SSSR count). The number of fused-ring (bicyclic) bond motifs is 1. The molecule has 1 amide bonds. The number of carboxylic acid groups (broad SMARTS) is 1. The first-order valence-electron chi connectivity index (χ1n) is 6.42. The molecule has 1 aromatic heterocycles. The number of nitrogens with one attached hydrogen (secondary N) is 1. The first kappa shape index (κ1) is 14.0. The van der Waals surface area contributed by atoms with Gasteiger partial charge in [0.1, 0.15) is 6.04 Å². The summed E-state index contributed by atoms with van der Waals surface area (Å²) in [6.45, 7) is 1.45.